The highest BCUT2D eigenvalue weighted by molar-refractivity contribution is 6.04. The molecular weight excluding hydrogens is 344 g/mol. The van der Waals surface area contributed by atoms with Crippen molar-refractivity contribution in [2.45, 2.75) is 40.0 Å². The molecule has 140 valence electrons. The maximum absolute atomic E-state index is 6.33. The molecule has 1 aliphatic rings. The lowest BCUT2D eigenvalue weighted by Gasteiger charge is -2.22. The highest BCUT2D eigenvalue weighted by atomic mass is 16.5. The van der Waals surface area contributed by atoms with E-state index in [1.165, 1.54) is 33.0 Å². The van der Waals surface area contributed by atoms with Gasteiger partial charge in [0.15, 0.2) is 0 Å². The van der Waals surface area contributed by atoms with Crippen molar-refractivity contribution < 1.29 is 9.30 Å². The molecule has 0 atom stereocenters. The zero-order valence-electron chi connectivity index (χ0n) is 17.3. The molecule has 0 aliphatic carbocycles. The van der Waals surface area contributed by atoms with Crippen molar-refractivity contribution in [1.29, 1.82) is 0 Å². The summed E-state index contributed by atoms with van der Waals surface area (Å²) in [5.41, 5.74) is 8.31. The monoisotopic (exact) mass is 369 g/mol. The van der Waals surface area contributed by atoms with Gasteiger partial charge in [0.25, 0.3) is 11.6 Å². The van der Waals surface area contributed by atoms with Crippen LogP contribution in [0.2, 0.25) is 0 Å². The van der Waals surface area contributed by atoms with Crippen molar-refractivity contribution in [3.05, 3.63) is 59.2 Å². The molecule has 1 aromatic heterocycles. The second-order valence-electron chi connectivity index (χ2n) is 8.93. The zero-order valence-corrected chi connectivity index (χ0v) is 17.3. The maximum atomic E-state index is 6.33. The van der Waals surface area contributed by atoms with Crippen LogP contribution in [0.3, 0.4) is 0 Å². The standard InChI is InChI=1S/C25H25N2O/c1-14-12-16-8-7-9-20-22(16)21(15(14)2)23-24(28-20)26-18-13-17(25(3,4)5)10-11-19(18)27(23)6/h7-13H,1-6H3/q+1. The van der Waals surface area contributed by atoms with Gasteiger partial charge in [0.1, 0.15) is 18.3 Å². The SMILES string of the molecule is Cc1cc2cccc3c2c(c1C)-c1c(nc2cc(C(C)(C)C)ccc2[n+]1C)O3. The van der Waals surface area contributed by atoms with Crippen LogP contribution in [0.1, 0.15) is 37.5 Å². The maximum Gasteiger partial charge on any atom is 0.294 e. The van der Waals surface area contributed by atoms with Gasteiger partial charge in [-0.05, 0) is 53.5 Å². The minimum atomic E-state index is 0.0805. The van der Waals surface area contributed by atoms with Crippen LogP contribution in [-0.4, -0.2) is 4.98 Å². The van der Waals surface area contributed by atoms with Crippen LogP contribution in [0.5, 0.6) is 11.6 Å². The van der Waals surface area contributed by atoms with Crippen LogP contribution in [0.25, 0.3) is 33.1 Å². The third kappa shape index (κ3) is 2.29. The molecule has 0 saturated carbocycles. The Morgan fingerprint density at radius 1 is 1.00 bits per heavy atom. The van der Waals surface area contributed by atoms with Crippen molar-refractivity contribution in [2.24, 2.45) is 7.05 Å². The Bertz CT molecular complexity index is 1300. The number of aromatic nitrogens is 2. The molecule has 28 heavy (non-hydrogen) atoms. The van der Waals surface area contributed by atoms with Gasteiger partial charge >= 0.3 is 0 Å². The van der Waals surface area contributed by atoms with Gasteiger partial charge in [0.2, 0.25) is 5.52 Å². The summed E-state index contributed by atoms with van der Waals surface area (Å²) in [5.74, 6) is 1.58. The van der Waals surface area contributed by atoms with Gasteiger partial charge in [-0.15, -0.1) is 0 Å². The average molecular weight is 369 g/mol. The van der Waals surface area contributed by atoms with E-state index in [1.54, 1.807) is 0 Å². The first kappa shape index (κ1) is 17.2. The minimum Gasteiger partial charge on any atom is -0.433 e. The van der Waals surface area contributed by atoms with E-state index in [2.05, 4.69) is 82.6 Å². The molecule has 1 aliphatic heterocycles. The van der Waals surface area contributed by atoms with E-state index >= 15 is 0 Å². The molecule has 0 fully saturated rings. The minimum absolute atomic E-state index is 0.0805. The molecule has 3 aromatic carbocycles. The smallest absolute Gasteiger partial charge is 0.294 e. The summed E-state index contributed by atoms with van der Waals surface area (Å²) in [6, 6.07) is 15.1. The first-order valence-electron chi connectivity index (χ1n) is 9.81. The van der Waals surface area contributed by atoms with Gasteiger partial charge in [0, 0.05) is 11.5 Å². The Hall–Kier alpha value is -2.94. The quantitative estimate of drug-likeness (QED) is 0.318. The predicted molar refractivity (Wildman–Crippen MR) is 114 cm³/mol. The van der Waals surface area contributed by atoms with Crippen molar-refractivity contribution in [1.82, 2.24) is 4.98 Å². The first-order chi connectivity index (χ1) is 13.3. The van der Waals surface area contributed by atoms with Crippen molar-refractivity contribution in [3.63, 3.8) is 0 Å². The number of fused-ring (bicyclic) bond motifs is 3. The molecule has 3 heteroatoms. The summed E-state index contributed by atoms with van der Waals surface area (Å²) < 4.78 is 8.56. The molecule has 0 radical (unpaired) electrons. The van der Waals surface area contributed by atoms with Gasteiger partial charge in [-0.25, -0.2) is 4.98 Å². The van der Waals surface area contributed by atoms with E-state index in [0.717, 1.165) is 22.5 Å². The molecule has 0 amide bonds. The molecule has 0 unspecified atom stereocenters. The van der Waals surface area contributed by atoms with E-state index in [9.17, 15) is 0 Å². The summed E-state index contributed by atoms with van der Waals surface area (Å²) >= 11 is 0. The molecule has 0 saturated heterocycles. The Balaban J connectivity index is 1.91. The fourth-order valence-electron chi connectivity index (χ4n) is 4.28. The molecule has 3 nitrogen and oxygen atoms in total. The van der Waals surface area contributed by atoms with Gasteiger partial charge in [-0.3, -0.25) is 0 Å². The topological polar surface area (TPSA) is 26.0 Å². The van der Waals surface area contributed by atoms with Crippen LogP contribution in [-0.2, 0) is 12.5 Å². The number of aryl methyl sites for hydroxylation is 2. The number of hydrogen-bond donors (Lipinski definition) is 0. The van der Waals surface area contributed by atoms with E-state index < -0.39 is 0 Å². The van der Waals surface area contributed by atoms with Crippen LogP contribution in [0.15, 0.2) is 42.5 Å². The lowest BCUT2D eigenvalue weighted by atomic mass is 9.87. The molecule has 0 N–H and O–H groups in total. The summed E-state index contributed by atoms with van der Waals surface area (Å²) in [5, 5.41) is 2.39. The molecule has 4 aromatic rings. The Labute approximate surface area is 165 Å². The second-order valence-corrected chi connectivity index (χ2v) is 8.93. The van der Waals surface area contributed by atoms with Gasteiger partial charge < -0.3 is 4.74 Å². The zero-order chi connectivity index (χ0) is 19.8. The molecule has 0 spiro atoms. The lowest BCUT2D eigenvalue weighted by Crippen LogP contribution is -2.34. The summed E-state index contributed by atoms with van der Waals surface area (Å²) in [6.07, 6.45) is 0. The highest BCUT2D eigenvalue weighted by Crippen LogP contribution is 2.46. The number of ether oxygens (including phenoxy) is 1. The fraction of sp³-hybridized carbons (Fsp3) is 0.280. The van der Waals surface area contributed by atoms with Crippen LogP contribution in [0.4, 0.5) is 0 Å². The van der Waals surface area contributed by atoms with E-state index in [1.807, 2.05) is 6.07 Å². The Morgan fingerprint density at radius 2 is 1.79 bits per heavy atom. The largest absolute Gasteiger partial charge is 0.433 e. The predicted octanol–water partition coefficient (Wildman–Crippen LogP) is 5.90. The molecule has 5 rings (SSSR count). The second kappa shape index (κ2) is 5.54. The summed E-state index contributed by atoms with van der Waals surface area (Å²) in [7, 11) is 2.12. The lowest BCUT2D eigenvalue weighted by molar-refractivity contribution is -0.634. The normalized spacial score (nSPS) is 12.9. The molecular formula is C25H25N2O+. The number of hydrogen-bond acceptors (Lipinski definition) is 2. The van der Waals surface area contributed by atoms with Gasteiger partial charge in [-0.2, -0.15) is 4.57 Å². The van der Waals surface area contributed by atoms with E-state index in [0.29, 0.717) is 5.88 Å². The number of benzene rings is 3. The summed E-state index contributed by atoms with van der Waals surface area (Å²) in [6.45, 7) is 11.1. The van der Waals surface area contributed by atoms with Crippen molar-refractivity contribution >= 4 is 21.8 Å². The molecule has 2 heterocycles. The third-order valence-electron chi connectivity index (χ3n) is 6.05. The summed E-state index contributed by atoms with van der Waals surface area (Å²) in [4.78, 5) is 4.96. The highest BCUT2D eigenvalue weighted by Gasteiger charge is 2.33. The number of nitrogens with zero attached hydrogens (tertiary/aromatic N) is 2. The van der Waals surface area contributed by atoms with Crippen LogP contribution >= 0.6 is 0 Å². The van der Waals surface area contributed by atoms with E-state index in [4.69, 9.17) is 9.72 Å². The third-order valence-corrected chi connectivity index (χ3v) is 6.05. The number of rotatable bonds is 0. The Kier molecular flexibility index (Phi) is 3.40. The van der Waals surface area contributed by atoms with Gasteiger partial charge in [0.05, 0.1) is 5.56 Å². The van der Waals surface area contributed by atoms with Gasteiger partial charge in [-0.1, -0.05) is 45.0 Å². The van der Waals surface area contributed by atoms with E-state index in [-0.39, 0.29) is 5.41 Å². The van der Waals surface area contributed by atoms with Crippen LogP contribution in [0, 0.1) is 13.8 Å². The average Bonchev–Trinajstić information content (AvgIpc) is 2.64. The Morgan fingerprint density at radius 3 is 2.54 bits per heavy atom. The fourth-order valence-corrected chi connectivity index (χ4v) is 4.28. The van der Waals surface area contributed by atoms with Crippen molar-refractivity contribution in [2.75, 3.05) is 0 Å². The first-order valence-corrected chi connectivity index (χ1v) is 9.81. The van der Waals surface area contributed by atoms with Crippen LogP contribution < -0.4 is 9.30 Å². The van der Waals surface area contributed by atoms with Crippen molar-refractivity contribution in [3.8, 4) is 22.9 Å². The molecule has 0 bridgehead atoms.